The number of aryl methyl sites for hydroxylation is 2. The maximum Gasteiger partial charge on any atom is 0.232 e. The van der Waals surface area contributed by atoms with Crippen molar-refractivity contribution in [3.05, 3.63) is 112 Å². The van der Waals surface area contributed by atoms with Gasteiger partial charge in [-0.25, -0.2) is 4.39 Å². The molecule has 3 aromatic rings. The van der Waals surface area contributed by atoms with E-state index in [0.29, 0.717) is 24.0 Å². The van der Waals surface area contributed by atoms with E-state index >= 15 is 0 Å². The highest BCUT2D eigenvalue weighted by Gasteiger charge is 2.43. The maximum absolute atomic E-state index is 14.8. The molecule has 0 aromatic heterocycles. The predicted molar refractivity (Wildman–Crippen MR) is 128 cm³/mol. The van der Waals surface area contributed by atoms with Gasteiger partial charge in [0.15, 0.2) is 5.78 Å². The molecule has 1 heterocycles. The lowest BCUT2D eigenvalue weighted by Gasteiger charge is -2.40. The second-order valence-electron chi connectivity index (χ2n) is 9.15. The van der Waals surface area contributed by atoms with E-state index in [0.717, 1.165) is 28.1 Å². The fourth-order valence-corrected chi connectivity index (χ4v) is 5.40. The number of amides is 1. The highest BCUT2D eigenvalue weighted by atomic mass is 19.1. The third-order valence-corrected chi connectivity index (χ3v) is 6.75. The number of carbonyl (C=O) groups excluding carboxylic acids is 2. The number of carbonyl (C=O) groups is 2. The molecule has 1 amide bonds. The van der Waals surface area contributed by atoms with E-state index in [1.165, 1.54) is 6.07 Å². The van der Waals surface area contributed by atoms with E-state index in [9.17, 15) is 14.0 Å². The van der Waals surface area contributed by atoms with Gasteiger partial charge in [-0.05, 0) is 66.6 Å². The van der Waals surface area contributed by atoms with Crippen molar-refractivity contribution >= 4 is 17.4 Å². The first-order chi connectivity index (χ1) is 15.9. The second-order valence-corrected chi connectivity index (χ2v) is 9.15. The van der Waals surface area contributed by atoms with Gasteiger partial charge < -0.3 is 0 Å². The normalized spacial score (nSPS) is 20.8. The molecule has 3 aromatic carbocycles. The zero-order valence-electron chi connectivity index (χ0n) is 18.8. The standard InChI is InChI=1S/C29H26FNO2/c1-18-12-19(2)14-22(13-18)31-26-15-21(20-8-4-3-5-9-20)16-27(32)29(26)24(17-28(31)33)23-10-6-7-11-25(23)30/h3-14,21,24H,15-17H2,1-2H3. The number of hydrogen-bond donors (Lipinski definition) is 0. The van der Waals surface area contributed by atoms with Crippen molar-refractivity contribution < 1.29 is 14.0 Å². The quantitative estimate of drug-likeness (QED) is 0.476. The molecule has 0 saturated carbocycles. The minimum Gasteiger partial charge on any atom is -0.294 e. The molecule has 2 aliphatic rings. The summed E-state index contributed by atoms with van der Waals surface area (Å²) in [6.07, 6.45) is 1.01. The molecule has 0 bridgehead atoms. The third-order valence-electron chi connectivity index (χ3n) is 6.75. The summed E-state index contributed by atoms with van der Waals surface area (Å²) < 4.78 is 14.8. The minimum atomic E-state index is -0.555. The third kappa shape index (κ3) is 3.91. The number of Topliss-reactive ketones (excluding diaryl/α,β-unsaturated/α-hetero) is 1. The van der Waals surface area contributed by atoms with Gasteiger partial charge in [0.25, 0.3) is 0 Å². The SMILES string of the molecule is Cc1cc(C)cc(N2C(=O)CC(c3ccccc3F)C3=C2CC(c2ccccc2)CC3=O)c1. The van der Waals surface area contributed by atoms with Crippen molar-refractivity contribution in [1.82, 2.24) is 0 Å². The van der Waals surface area contributed by atoms with E-state index in [1.807, 2.05) is 56.3 Å². The van der Waals surface area contributed by atoms with Crippen LogP contribution in [0.3, 0.4) is 0 Å². The van der Waals surface area contributed by atoms with Gasteiger partial charge >= 0.3 is 0 Å². The summed E-state index contributed by atoms with van der Waals surface area (Å²) in [5, 5.41) is 0. The molecule has 0 spiro atoms. The Bertz CT molecular complexity index is 1260. The van der Waals surface area contributed by atoms with Gasteiger partial charge in [0, 0.05) is 35.7 Å². The van der Waals surface area contributed by atoms with Crippen LogP contribution in [0.2, 0.25) is 0 Å². The van der Waals surface area contributed by atoms with Gasteiger partial charge in [-0.1, -0.05) is 54.6 Å². The zero-order chi connectivity index (χ0) is 23.1. The molecular formula is C29H26FNO2. The zero-order valence-corrected chi connectivity index (χ0v) is 18.8. The first-order valence-corrected chi connectivity index (χ1v) is 11.4. The number of ketones is 1. The number of halogens is 1. The summed E-state index contributed by atoms with van der Waals surface area (Å²) in [5.41, 5.74) is 5.69. The van der Waals surface area contributed by atoms with Gasteiger partial charge in [0.2, 0.25) is 5.91 Å². The number of rotatable bonds is 3. The molecule has 1 aliphatic carbocycles. The van der Waals surface area contributed by atoms with Crippen LogP contribution in [-0.2, 0) is 9.59 Å². The molecule has 4 heteroatoms. The first kappa shape index (κ1) is 21.3. The van der Waals surface area contributed by atoms with Gasteiger partial charge in [0.1, 0.15) is 5.82 Å². The monoisotopic (exact) mass is 439 g/mol. The molecule has 166 valence electrons. The second kappa shape index (κ2) is 8.43. The van der Waals surface area contributed by atoms with Crippen molar-refractivity contribution in [1.29, 1.82) is 0 Å². The largest absolute Gasteiger partial charge is 0.294 e. The van der Waals surface area contributed by atoms with Crippen LogP contribution in [0.1, 0.15) is 53.4 Å². The van der Waals surface area contributed by atoms with E-state index < -0.39 is 5.92 Å². The van der Waals surface area contributed by atoms with E-state index in [2.05, 4.69) is 6.07 Å². The Morgan fingerprint density at radius 1 is 0.818 bits per heavy atom. The summed E-state index contributed by atoms with van der Waals surface area (Å²) in [7, 11) is 0. The number of allylic oxidation sites excluding steroid dienone is 2. The molecule has 2 unspecified atom stereocenters. The minimum absolute atomic E-state index is 0.000214. The molecule has 0 fully saturated rings. The van der Waals surface area contributed by atoms with E-state index in [1.54, 1.807) is 23.1 Å². The number of hydrogen-bond acceptors (Lipinski definition) is 2. The molecular weight excluding hydrogens is 413 g/mol. The lowest BCUT2D eigenvalue weighted by atomic mass is 9.72. The fraction of sp³-hybridized carbons (Fsp3) is 0.241. The smallest absolute Gasteiger partial charge is 0.232 e. The van der Waals surface area contributed by atoms with Crippen LogP contribution in [0, 0.1) is 19.7 Å². The van der Waals surface area contributed by atoms with Gasteiger partial charge in [-0.3, -0.25) is 14.5 Å². The van der Waals surface area contributed by atoms with Crippen LogP contribution in [0.15, 0.2) is 84.1 Å². The fourth-order valence-electron chi connectivity index (χ4n) is 5.40. The average Bonchev–Trinajstić information content (AvgIpc) is 2.78. The Hall–Kier alpha value is -3.53. The molecule has 5 rings (SSSR count). The van der Waals surface area contributed by atoms with Crippen LogP contribution in [0.4, 0.5) is 10.1 Å². The van der Waals surface area contributed by atoms with Gasteiger partial charge in [-0.2, -0.15) is 0 Å². The summed E-state index contributed by atoms with van der Waals surface area (Å²) in [6.45, 7) is 4.00. The van der Waals surface area contributed by atoms with Crippen molar-refractivity contribution in [3.8, 4) is 0 Å². The molecule has 33 heavy (non-hydrogen) atoms. The molecule has 2 atom stereocenters. The van der Waals surface area contributed by atoms with Crippen LogP contribution >= 0.6 is 0 Å². The van der Waals surface area contributed by atoms with E-state index in [4.69, 9.17) is 0 Å². The summed E-state index contributed by atoms with van der Waals surface area (Å²) >= 11 is 0. The van der Waals surface area contributed by atoms with Crippen molar-refractivity contribution in [3.63, 3.8) is 0 Å². The highest BCUT2D eigenvalue weighted by molar-refractivity contribution is 6.08. The predicted octanol–water partition coefficient (Wildman–Crippen LogP) is 6.36. The molecule has 0 radical (unpaired) electrons. The Morgan fingerprint density at radius 3 is 2.18 bits per heavy atom. The van der Waals surface area contributed by atoms with Crippen LogP contribution in [-0.4, -0.2) is 11.7 Å². The Balaban J connectivity index is 1.69. The topological polar surface area (TPSA) is 37.4 Å². The Morgan fingerprint density at radius 2 is 1.48 bits per heavy atom. The average molecular weight is 440 g/mol. The molecule has 3 nitrogen and oxygen atoms in total. The van der Waals surface area contributed by atoms with Crippen molar-refractivity contribution in [2.45, 2.75) is 44.9 Å². The molecule has 0 saturated heterocycles. The molecule has 1 aliphatic heterocycles. The van der Waals surface area contributed by atoms with Crippen LogP contribution in [0.25, 0.3) is 0 Å². The Kier molecular flexibility index (Phi) is 5.45. The van der Waals surface area contributed by atoms with Crippen LogP contribution < -0.4 is 4.90 Å². The maximum atomic E-state index is 14.8. The van der Waals surface area contributed by atoms with Crippen molar-refractivity contribution in [2.75, 3.05) is 4.90 Å². The first-order valence-electron chi connectivity index (χ1n) is 11.4. The van der Waals surface area contributed by atoms with Crippen LogP contribution in [0.5, 0.6) is 0 Å². The summed E-state index contributed by atoms with van der Waals surface area (Å²) in [5.74, 6) is -1.05. The van der Waals surface area contributed by atoms with Gasteiger partial charge in [0.05, 0.1) is 0 Å². The highest BCUT2D eigenvalue weighted by Crippen LogP contribution is 2.47. The van der Waals surface area contributed by atoms with E-state index in [-0.39, 0.29) is 29.8 Å². The number of nitrogens with zero attached hydrogens (tertiary/aromatic N) is 1. The summed E-state index contributed by atoms with van der Waals surface area (Å²) in [6, 6.07) is 22.5. The lowest BCUT2D eigenvalue weighted by molar-refractivity contribution is -0.120. The Labute approximate surface area is 193 Å². The number of anilines is 1. The number of benzene rings is 3. The van der Waals surface area contributed by atoms with Crippen molar-refractivity contribution in [2.24, 2.45) is 0 Å². The summed E-state index contributed by atoms with van der Waals surface area (Å²) in [4.78, 5) is 28.9. The van der Waals surface area contributed by atoms with Gasteiger partial charge in [-0.15, -0.1) is 0 Å². The lowest BCUT2D eigenvalue weighted by Crippen LogP contribution is -2.42. The molecule has 0 N–H and O–H groups in total.